The predicted octanol–water partition coefficient (Wildman–Crippen LogP) is 4.29. The van der Waals surface area contributed by atoms with Crippen LogP contribution in [0.5, 0.6) is 11.5 Å². The second-order valence-electron chi connectivity index (χ2n) is 4.74. The van der Waals surface area contributed by atoms with Crippen LogP contribution in [-0.4, -0.2) is 18.7 Å². The van der Waals surface area contributed by atoms with Crippen molar-refractivity contribution in [3.05, 3.63) is 73.6 Å². The van der Waals surface area contributed by atoms with Gasteiger partial charge in [0, 0.05) is 17.7 Å². The lowest BCUT2D eigenvalue weighted by Crippen LogP contribution is -2.10. The van der Waals surface area contributed by atoms with Gasteiger partial charge in [0.25, 0.3) is 0 Å². The van der Waals surface area contributed by atoms with Crippen LogP contribution in [0.25, 0.3) is 11.1 Å². The number of halogens is 1. The van der Waals surface area contributed by atoms with E-state index in [0.717, 1.165) is 12.1 Å². The fourth-order valence-electron chi connectivity index (χ4n) is 1.91. The molecule has 0 bridgehead atoms. The first-order valence-electron chi connectivity index (χ1n) is 7.23. The molecule has 25 heavy (non-hydrogen) atoms. The highest BCUT2D eigenvalue weighted by atomic mass is 19.1. The van der Waals surface area contributed by atoms with E-state index in [1.54, 1.807) is 12.1 Å². The maximum absolute atomic E-state index is 14.3. The first-order chi connectivity index (χ1) is 12.0. The van der Waals surface area contributed by atoms with Crippen LogP contribution in [0.4, 0.5) is 9.18 Å². The summed E-state index contributed by atoms with van der Waals surface area (Å²) in [5.74, 6) is -0.820. The highest BCUT2D eigenvalue weighted by molar-refractivity contribution is 5.83. The Labute approximate surface area is 143 Å². The van der Waals surface area contributed by atoms with Crippen molar-refractivity contribution in [2.75, 3.05) is 6.61 Å². The zero-order valence-electron chi connectivity index (χ0n) is 13.2. The molecule has 0 spiro atoms. The Morgan fingerprint density at radius 3 is 2.28 bits per heavy atom. The lowest BCUT2D eigenvalue weighted by atomic mass is 10.0. The van der Waals surface area contributed by atoms with Crippen LogP contribution in [0.3, 0.4) is 0 Å². The van der Waals surface area contributed by atoms with Crippen molar-refractivity contribution in [1.82, 2.24) is 0 Å². The van der Waals surface area contributed by atoms with E-state index in [-0.39, 0.29) is 12.4 Å². The third kappa shape index (κ3) is 5.04. The summed E-state index contributed by atoms with van der Waals surface area (Å²) in [6.07, 6.45) is 1.49. The van der Waals surface area contributed by atoms with Gasteiger partial charge in [-0.25, -0.2) is 14.0 Å². The van der Waals surface area contributed by atoms with Gasteiger partial charge in [0.15, 0.2) is 0 Å². The Balaban J connectivity index is 2.12. The molecule has 0 aliphatic carbocycles. The second kappa shape index (κ2) is 8.44. The molecular weight excluding hydrogens is 327 g/mol. The zero-order valence-corrected chi connectivity index (χ0v) is 13.2. The molecule has 0 heterocycles. The third-order valence-corrected chi connectivity index (χ3v) is 3.01. The Morgan fingerprint density at radius 1 is 1.00 bits per heavy atom. The van der Waals surface area contributed by atoms with E-state index < -0.39 is 17.9 Å². The number of esters is 1. The van der Waals surface area contributed by atoms with Gasteiger partial charge in [0.05, 0.1) is 0 Å². The molecule has 0 saturated carbocycles. The minimum Gasteiger partial charge on any atom is -0.430 e. The van der Waals surface area contributed by atoms with Gasteiger partial charge in [-0.1, -0.05) is 31.4 Å². The van der Waals surface area contributed by atoms with Crippen LogP contribution < -0.4 is 9.47 Å². The number of benzene rings is 2. The molecule has 0 aromatic heterocycles. The zero-order chi connectivity index (χ0) is 18.2. The quantitative estimate of drug-likeness (QED) is 0.258. The number of hydrogen-bond donors (Lipinski definition) is 0. The molecule has 6 heteroatoms. The molecule has 128 valence electrons. The first-order valence-corrected chi connectivity index (χ1v) is 7.23. The Bertz CT molecular complexity index is 796. The number of hydrogen-bond acceptors (Lipinski definition) is 5. The molecule has 0 aliphatic heterocycles. The van der Waals surface area contributed by atoms with Crippen molar-refractivity contribution in [3.63, 3.8) is 0 Å². The van der Waals surface area contributed by atoms with Crippen LogP contribution in [0.1, 0.15) is 0 Å². The van der Waals surface area contributed by atoms with Crippen LogP contribution >= 0.6 is 0 Å². The number of carbonyl (C=O) groups is 2. The molecule has 0 amide bonds. The van der Waals surface area contributed by atoms with E-state index >= 15 is 0 Å². The van der Waals surface area contributed by atoms with E-state index in [4.69, 9.17) is 9.47 Å². The SMILES string of the molecule is C=CCOC(=O)Oc1ccc(-c2ccc(OC(=O)C=C)cc2)c(F)c1. The maximum atomic E-state index is 14.3. The molecule has 2 aromatic carbocycles. The smallest absolute Gasteiger partial charge is 0.430 e. The minimum absolute atomic E-state index is 0.00216. The molecule has 0 atom stereocenters. The molecule has 2 rings (SSSR count). The van der Waals surface area contributed by atoms with Crippen LogP contribution in [0.15, 0.2) is 67.8 Å². The second-order valence-corrected chi connectivity index (χ2v) is 4.74. The van der Waals surface area contributed by atoms with E-state index in [0.29, 0.717) is 16.9 Å². The summed E-state index contributed by atoms with van der Waals surface area (Å²) in [7, 11) is 0. The molecule has 0 unspecified atom stereocenters. The summed E-state index contributed by atoms with van der Waals surface area (Å²) in [6, 6.07) is 10.3. The van der Waals surface area contributed by atoms with Gasteiger partial charge < -0.3 is 14.2 Å². The normalized spacial score (nSPS) is 9.80. The monoisotopic (exact) mass is 342 g/mol. The van der Waals surface area contributed by atoms with Crippen LogP contribution in [-0.2, 0) is 9.53 Å². The summed E-state index contributed by atoms with van der Waals surface area (Å²) in [5, 5.41) is 0. The van der Waals surface area contributed by atoms with Gasteiger partial charge in [-0.2, -0.15) is 0 Å². The summed E-state index contributed by atoms with van der Waals surface area (Å²) >= 11 is 0. The van der Waals surface area contributed by atoms with Crippen molar-refractivity contribution in [3.8, 4) is 22.6 Å². The number of ether oxygens (including phenoxy) is 3. The van der Waals surface area contributed by atoms with Crippen molar-refractivity contribution in [2.45, 2.75) is 0 Å². The van der Waals surface area contributed by atoms with Gasteiger partial charge in [0.2, 0.25) is 0 Å². The van der Waals surface area contributed by atoms with Gasteiger partial charge in [-0.05, 0) is 29.8 Å². The summed E-state index contributed by atoms with van der Waals surface area (Å²) in [6.45, 7) is 6.71. The lowest BCUT2D eigenvalue weighted by molar-refractivity contribution is -0.128. The molecule has 0 saturated heterocycles. The van der Waals surface area contributed by atoms with E-state index in [1.165, 1.54) is 30.3 Å². The lowest BCUT2D eigenvalue weighted by Gasteiger charge is -2.08. The van der Waals surface area contributed by atoms with Gasteiger partial charge >= 0.3 is 12.1 Å². The molecular formula is C19H15FO5. The largest absolute Gasteiger partial charge is 0.514 e. The van der Waals surface area contributed by atoms with Gasteiger partial charge in [-0.3, -0.25) is 0 Å². The highest BCUT2D eigenvalue weighted by Crippen LogP contribution is 2.28. The fraction of sp³-hybridized carbons (Fsp3) is 0.0526. The van der Waals surface area contributed by atoms with Gasteiger partial charge in [0.1, 0.15) is 23.9 Å². The topological polar surface area (TPSA) is 61.8 Å². The molecule has 0 N–H and O–H groups in total. The average Bonchev–Trinajstić information content (AvgIpc) is 2.61. The van der Waals surface area contributed by atoms with Gasteiger partial charge in [-0.15, -0.1) is 0 Å². The molecule has 5 nitrogen and oxygen atoms in total. The van der Waals surface area contributed by atoms with Crippen molar-refractivity contribution in [1.29, 1.82) is 0 Å². The fourth-order valence-corrected chi connectivity index (χ4v) is 1.91. The van der Waals surface area contributed by atoms with Crippen molar-refractivity contribution < 1.29 is 28.2 Å². The number of rotatable bonds is 6. The highest BCUT2D eigenvalue weighted by Gasteiger charge is 2.11. The first kappa shape index (κ1) is 17.9. The summed E-state index contributed by atoms with van der Waals surface area (Å²) in [5.41, 5.74) is 0.866. The van der Waals surface area contributed by atoms with Crippen molar-refractivity contribution in [2.24, 2.45) is 0 Å². The van der Waals surface area contributed by atoms with E-state index in [9.17, 15) is 14.0 Å². The average molecular weight is 342 g/mol. The standard InChI is InChI=1S/C19H15FO5/c1-3-11-23-19(22)25-15-9-10-16(17(20)12-15)13-5-7-14(8-6-13)24-18(21)4-2/h3-10,12H,1-2,11H2. The van der Waals surface area contributed by atoms with E-state index in [1.807, 2.05) is 0 Å². The third-order valence-electron chi connectivity index (χ3n) is 3.01. The molecule has 0 radical (unpaired) electrons. The molecule has 2 aromatic rings. The number of carbonyl (C=O) groups excluding carboxylic acids is 2. The van der Waals surface area contributed by atoms with Crippen molar-refractivity contribution >= 4 is 12.1 Å². The molecule has 0 fully saturated rings. The van der Waals surface area contributed by atoms with E-state index in [2.05, 4.69) is 17.9 Å². The van der Waals surface area contributed by atoms with Crippen LogP contribution in [0, 0.1) is 5.82 Å². The predicted molar refractivity (Wildman–Crippen MR) is 89.8 cm³/mol. The minimum atomic E-state index is -0.944. The Kier molecular flexibility index (Phi) is 6.06. The Morgan fingerprint density at radius 2 is 1.68 bits per heavy atom. The van der Waals surface area contributed by atoms with Crippen LogP contribution in [0.2, 0.25) is 0 Å². The maximum Gasteiger partial charge on any atom is 0.514 e. The summed E-state index contributed by atoms with van der Waals surface area (Å²) < 4.78 is 28.7. The summed E-state index contributed by atoms with van der Waals surface area (Å²) in [4.78, 5) is 22.4. The molecule has 0 aliphatic rings. The Hall–Kier alpha value is -3.41.